The van der Waals surface area contributed by atoms with E-state index >= 15 is 0 Å². The molecule has 0 spiro atoms. The predicted octanol–water partition coefficient (Wildman–Crippen LogP) is 3.98. The first-order chi connectivity index (χ1) is 9.19. The molecule has 0 aromatic carbocycles. The fourth-order valence-corrected chi connectivity index (χ4v) is 2.70. The summed E-state index contributed by atoms with van der Waals surface area (Å²) in [6, 6.07) is 1.12. The van der Waals surface area contributed by atoms with Gasteiger partial charge >= 0.3 is 6.18 Å². The summed E-state index contributed by atoms with van der Waals surface area (Å²) in [4.78, 5) is 13.3. The van der Waals surface area contributed by atoms with Crippen LogP contribution in [0.15, 0.2) is 16.7 Å². The third-order valence-corrected chi connectivity index (χ3v) is 3.62. The molecule has 0 unspecified atom stereocenters. The highest BCUT2D eigenvalue weighted by atomic mass is 79.9. The molecule has 0 radical (unpaired) electrons. The molecule has 20 heavy (non-hydrogen) atoms. The van der Waals surface area contributed by atoms with E-state index in [0.717, 1.165) is 4.90 Å². The summed E-state index contributed by atoms with van der Waals surface area (Å²) in [7, 11) is 1.64. The molecule has 1 aromatic rings. The summed E-state index contributed by atoms with van der Waals surface area (Å²) < 4.78 is 40.3. The molecule has 7 heteroatoms. The van der Waals surface area contributed by atoms with Crippen LogP contribution < -0.4 is 0 Å². The molecule has 1 rings (SSSR count). The molecular formula is C13H18BrF3N2O. The average molecular weight is 355 g/mol. The molecule has 1 aromatic heterocycles. The zero-order valence-corrected chi connectivity index (χ0v) is 13.3. The minimum atomic E-state index is -4.40. The van der Waals surface area contributed by atoms with Crippen molar-refractivity contribution in [3.05, 3.63) is 22.4 Å². The number of carbonyl (C=O) groups is 1. The molecule has 1 heterocycles. The van der Waals surface area contributed by atoms with Crippen LogP contribution in [0.5, 0.6) is 0 Å². The van der Waals surface area contributed by atoms with Crippen molar-refractivity contribution in [1.82, 2.24) is 9.47 Å². The number of halogens is 4. The Balaban J connectivity index is 3.09. The Hall–Kier alpha value is -0.980. The topological polar surface area (TPSA) is 25.2 Å². The fourth-order valence-electron chi connectivity index (χ4n) is 2.17. The van der Waals surface area contributed by atoms with Gasteiger partial charge in [-0.05, 0) is 34.8 Å². The highest BCUT2D eigenvalue weighted by molar-refractivity contribution is 9.10. The maximum Gasteiger partial charge on any atom is 0.406 e. The van der Waals surface area contributed by atoms with Crippen LogP contribution in [0.1, 0.15) is 37.2 Å². The lowest BCUT2D eigenvalue weighted by Crippen LogP contribution is -2.45. The predicted molar refractivity (Wildman–Crippen MR) is 74.6 cm³/mol. The second-order valence-corrected chi connectivity index (χ2v) is 5.59. The van der Waals surface area contributed by atoms with Crippen molar-refractivity contribution in [2.75, 3.05) is 6.54 Å². The van der Waals surface area contributed by atoms with Crippen LogP contribution in [-0.4, -0.2) is 34.1 Å². The molecule has 3 nitrogen and oxygen atoms in total. The van der Waals surface area contributed by atoms with Gasteiger partial charge in [0, 0.05) is 23.8 Å². The van der Waals surface area contributed by atoms with Crippen LogP contribution >= 0.6 is 15.9 Å². The van der Waals surface area contributed by atoms with Gasteiger partial charge < -0.3 is 9.47 Å². The lowest BCUT2D eigenvalue weighted by molar-refractivity contribution is -0.145. The highest BCUT2D eigenvalue weighted by Crippen LogP contribution is 2.23. The number of hydrogen-bond acceptors (Lipinski definition) is 1. The van der Waals surface area contributed by atoms with Crippen molar-refractivity contribution < 1.29 is 18.0 Å². The molecule has 0 atom stereocenters. The quantitative estimate of drug-likeness (QED) is 0.784. The van der Waals surface area contributed by atoms with Gasteiger partial charge in [0.1, 0.15) is 12.2 Å². The average Bonchev–Trinajstić information content (AvgIpc) is 2.66. The van der Waals surface area contributed by atoms with Crippen molar-refractivity contribution in [2.24, 2.45) is 7.05 Å². The Kier molecular flexibility index (Phi) is 5.68. The molecule has 0 saturated heterocycles. The SMILES string of the molecule is CCC(CC)N(CC(F)(F)F)C(=O)c1cc(Br)cn1C. The lowest BCUT2D eigenvalue weighted by Gasteiger charge is -2.31. The summed E-state index contributed by atoms with van der Waals surface area (Å²) in [5.74, 6) is -0.593. The summed E-state index contributed by atoms with van der Waals surface area (Å²) >= 11 is 3.22. The van der Waals surface area contributed by atoms with E-state index in [0.29, 0.717) is 17.3 Å². The summed E-state index contributed by atoms with van der Waals surface area (Å²) in [5.41, 5.74) is 0.244. The van der Waals surface area contributed by atoms with Crippen LogP contribution in [0.25, 0.3) is 0 Å². The van der Waals surface area contributed by atoms with Crippen molar-refractivity contribution in [3.63, 3.8) is 0 Å². The molecule has 1 amide bonds. The lowest BCUT2D eigenvalue weighted by atomic mass is 10.1. The van der Waals surface area contributed by atoms with E-state index in [1.54, 1.807) is 27.1 Å². The van der Waals surface area contributed by atoms with Crippen molar-refractivity contribution in [3.8, 4) is 0 Å². The zero-order valence-electron chi connectivity index (χ0n) is 11.7. The van der Waals surface area contributed by atoms with Crippen LogP contribution in [0.3, 0.4) is 0 Å². The third kappa shape index (κ3) is 4.26. The Bertz CT molecular complexity index is 467. The Morgan fingerprint density at radius 1 is 1.40 bits per heavy atom. The molecule has 0 bridgehead atoms. The molecule has 0 N–H and O–H groups in total. The number of aryl methyl sites for hydroxylation is 1. The second kappa shape index (κ2) is 6.65. The summed E-state index contributed by atoms with van der Waals surface area (Å²) in [6.07, 6.45) is -1.78. The first-order valence-electron chi connectivity index (χ1n) is 6.39. The molecule has 0 aliphatic rings. The molecular weight excluding hydrogens is 337 g/mol. The van der Waals surface area contributed by atoms with E-state index in [4.69, 9.17) is 0 Å². The number of rotatable bonds is 5. The third-order valence-electron chi connectivity index (χ3n) is 3.18. The van der Waals surface area contributed by atoms with E-state index in [1.165, 1.54) is 10.6 Å². The number of carbonyl (C=O) groups excluding carboxylic acids is 1. The molecule has 0 fully saturated rings. The maximum atomic E-state index is 12.7. The number of amides is 1. The number of nitrogens with zero attached hydrogens (tertiary/aromatic N) is 2. The van der Waals surface area contributed by atoms with Crippen molar-refractivity contribution in [2.45, 2.75) is 38.9 Å². The molecule has 0 aliphatic heterocycles. The van der Waals surface area contributed by atoms with Gasteiger partial charge in [-0.1, -0.05) is 13.8 Å². The van der Waals surface area contributed by atoms with Crippen molar-refractivity contribution >= 4 is 21.8 Å². The normalized spacial score (nSPS) is 12.0. The van der Waals surface area contributed by atoms with Crippen LogP contribution in [-0.2, 0) is 7.05 Å². The van der Waals surface area contributed by atoms with Gasteiger partial charge in [-0.2, -0.15) is 13.2 Å². The van der Waals surface area contributed by atoms with Crippen LogP contribution in [0.2, 0.25) is 0 Å². The van der Waals surface area contributed by atoms with Gasteiger partial charge in [0.05, 0.1) is 0 Å². The van der Waals surface area contributed by atoms with E-state index in [2.05, 4.69) is 15.9 Å². The zero-order chi connectivity index (χ0) is 15.5. The summed E-state index contributed by atoms with van der Waals surface area (Å²) in [5, 5.41) is 0. The maximum absolute atomic E-state index is 12.7. The smallest absolute Gasteiger partial charge is 0.345 e. The van der Waals surface area contributed by atoms with Gasteiger partial charge in [-0.25, -0.2) is 0 Å². The van der Waals surface area contributed by atoms with E-state index < -0.39 is 24.7 Å². The fraction of sp³-hybridized carbons (Fsp3) is 0.615. The number of hydrogen-bond donors (Lipinski definition) is 0. The molecule has 0 saturated carbocycles. The highest BCUT2D eigenvalue weighted by Gasteiger charge is 2.36. The van der Waals surface area contributed by atoms with E-state index in [1.807, 2.05) is 0 Å². The Morgan fingerprint density at radius 2 is 1.95 bits per heavy atom. The van der Waals surface area contributed by atoms with Gasteiger partial charge in [0.15, 0.2) is 0 Å². The Labute approximate surface area is 124 Å². The number of aromatic nitrogens is 1. The monoisotopic (exact) mass is 354 g/mol. The molecule has 114 valence electrons. The summed E-state index contributed by atoms with van der Waals surface area (Å²) in [6.45, 7) is 2.35. The van der Waals surface area contributed by atoms with Gasteiger partial charge in [0.25, 0.3) is 5.91 Å². The Morgan fingerprint density at radius 3 is 2.30 bits per heavy atom. The van der Waals surface area contributed by atoms with Crippen LogP contribution in [0.4, 0.5) is 13.2 Å². The van der Waals surface area contributed by atoms with E-state index in [-0.39, 0.29) is 5.69 Å². The van der Waals surface area contributed by atoms with Gasteiger partial charge in [-0.15, -0.1) is 0 Å². The number of alkyl halides is 3. The standard InChI is InChI=1S/C13H18BrF3N2O/c1-4-10(5-2)19(8-13(15,16)17)12(20)11-6-9(14)7-18(11)3/h6-7,10H,4-5,8H2,1-3H3. The van der Waals surface area contributed by atoms with Gasteiger partial charge in [-0.3, -0.25) is 4.79 Å². The second-order valence-electron chi connectivity index (χ2n) is 4.67. The molecule has 0 aliphatic carbocycles. The van der Waals surface area contributed by atoms with Crippen molar-refractivity contribution in [1.29, 1.82) is 0 Å². The first kappa shape index (κ1) is 17.1. The van der Waals surface area contributed by atoms with E-state index in [9.17, 15) is 18.0 Å². The minimum Gasteiger partial charge on any atom is -0.345 e. The minimum absolute atomic E-state index is 0.244. The van der Waals surface area contributed by atoms with Crippen LogP contribution in [0, 0.1) is 0 Å². The van der Waals surface area contributed by atoms with Gasteiger partial charge in [0.2, 0.25) is 0 Å². The largest absolute Gasteiger partial charge is 0.406 e. The first-order valence-corrected chi connectivity index (χ1v) is 7.18.